The second kappa shape index (κ2) is 9.61. The lowest BCUT2D eigenvalue weighted by molar-refractivity contribution is 0.00984. The molecule has 0 radical (unpaired) electrons. The molecule has 150 valence electrons. The Balaban J connectivity index is 1.98. The average Bonchev–Trinajstić information content (AvgIpc) is 2.60. The fraction of sp³-hybridized carbons (Fsp3) is 0.600. The van der Waals surface area contributed by atoms with Crippen molar-refractivity contribution >= 4 is 34.8 Å². The van der Waals surface area contributed by atoms with E-state index in [-0.39, 0.29) is 12.7 Å². The molecule has 1 fully saturated rings. The molecule has 0 spiro atoms. The van der Waals surface area contributed by atoms with Gasteiger partial charge in [0.05, 0.1) is 5.54 Å². The molecule has 1 atom stereocenters. The molecule has 2 rings (SSSR count). The maximum Gasteiger partial charge on any atom is 0.410 e. The molecule has 0 saturated carbocycles. The molecule has 1 N–H and O–H groups in total. The van der Waals surface area contributed by atoms with E-state index in [0.717, 1.165) is 29.3 Å². The highest BCUT2D eigenvalue weighted by molar-refractivity contribution is 14.1. The molecule has 1 aromatic carbocycles. The van der Waals surface area contributed by atoms with Crippen molar-refractivity contribution < 1.29 is 19.1 Å². The van der Waals surface area contributed by atoms with Crippen LogP contribution < -0.4 is 5.32 Å². The van der Waals surface area contributed by atoms with Gasteiger partial charge in [-0.3, -0.25) is 0 Å². The van der Waals surface area contributed by atoms with E-state index in [1.165, 1.54) is 0 Å². The normalized spacial score (nSPS) is 20.1. The van der Waals surface area contributed by atoms with E-state index in [4.69, 9.17) is 9.47 Å². The third kappa shape index (κ3) is 7.20. The number of nitrogens with one attached hydrogen (secondary N) is 1. The van der Waals surface area contributed by atoms with Crippen molar-refractivity contribution in [3.63, 3.8) is 0 Å². The molecule has 1 saturated heterocycles. The fourth-order valence-electron chi connectivity index (χ4n) is 3.14. The summed E-state index contributed by atoms with van der Waals surface area (Å²) in [5.74, 6) is 0. The molecule has 6 nitrogen and oxygen atoms in total. The summed E-state index contributed by atoms with van der Waals surface area (Å²) < 4.78 is 11.8. The first-order chi connectivity index (χ1) is 12.7. The number of halogens is 1. The van der Waals surface area contributed by atoms with E-state index in [2.05, 4.69) is 27.9 Å². The molecule has 1 heterocycles. The first kappa shape index (κ1) is 21.8. The number of amides is 2. The van der Waals surface area contributed by atoms with Crippen LogP contribution in [0.5, 0.6) is 0 Å². The van der Waals surface area contributed by atoms with Crippen molar-refractivity contribution in [3.8, 4) is 0 Å². The number of nitrogens with zero attached hydrogens (tertiary/aromatic N) is 1. The lowest BCUT2D eigenvalue weighted by Gasteiger charge is -2.43. The molecule has 1 aliphatic rings. The molecule has 1 aliphatic heterocycles. The van der Waals surface area contributed by atoms with Gasteiger partial charge in [-0.05, 0) is 45.6 Å². The van der Waals surface area contributed by atoms with E-state index in [9.17, 15) is 9.59 Å². The Bertz CT molecular complexity index is 629. The van der Waals surface area contributed by atoms with E-state index < -0.39 is 17.2 Å². The average molecular weight is 488 g/mol. The van der Waals surface area contributed by atoms with Gasteiger partial charge in [-0.2, -0.15) is 0 Å². The highest BCUT2D eigenvalue weighted by Crippen LogP contribution is 2.27. The predicted octanol–water partition coefficient (Wildman–Crippen LogP) is 4.51. The topological polar surface area (TPSA) is 67.9 Å². The zero-order valence-corrected chi connectivity index (χ0v) is 18.5. The predicted molar refractivity (Wildman–Crippen MR) is 113 cm³/mol. The van der Waals surface area contributed by atoms with Gasteiger partial charge in [0, 0.05) is 17.5 Å². The number of hydrogen-bond donors (Lipinski definition) is 1. The second-order valence-corrected chi connectivity index (χ2v) is 8.99. The Morgan fingerprint density at radius 2 is 1.96 bits per heavy atom. The van der Waals surface area contributed by atoms with Crippen LogP contribution in [0.2, 0.25) is 0 Å². The largest absolute Gasteiger partial charge is 0.445 e. The number of ether oxygens (including phenoxy) is 2. The summed E-state index contributed by atoms with van der Waals surface area (Å²) in [5.41, 5.74) is -0.0818. The van der Waals surface area contributed by atoms with E-state index >= 15 is 0 Å². The van der Waals surface area contributed by atoms with Crippen LogP contribution in [0, 0.1) is 0 Å². The number of alkyl carbamates (subject to hydrolysis) is 1. The summed E-state index contributed by atoms with van der Waals surface area (Å²) in [6.45, 7) is 6.86. The molecular formula is C20H29IN2O4. The second-order valence-electron chi connectivity index (χ2n) is 7.91. The summed E-state index contributed by atoms with van der Waals surface area (Å²) in [5, 5.41) is 3.04. The Hall–Kier alpha value is -1.51. The minimum absolute atomic E-state index is 0.225. The molecule has 7 heteroatoms. The van der Waals surface area contributed by atoms with Gasteiger partial charge in [-0.25, -0.2) is 9.59 Å². The van der Waals surface area contributed by atoms with Gasteiger partial charge in [0.25, 0.3) is 0 Å². The number of carbonyl (C=O) groups is 2. The lowest BCUT2D eigenvalue weighted by atomic mass is 9.86. The van der Waals surface area contributed by atoms with E-state index in [1.807, 2.05) is 51.1 Å². The van der Waals surface area contributed by atoms with Crippen molar-refractivity contribution in [2.24, 2.45) is 0 Å². The summed E-state index contributed by atoms with van der Waals surface area (Å²) >= 11 is 2.30. The van der Waals surface area contributed by atoms with Crippen LogP contribution in [0.25, 0.3) is 0 Å². The summed E-state index contributed by atoms with van der Waals surface area (Å²) in [4.78, 5) is 26.6. The minimum atomic E-state index is -0.539. The molecule has 1 aromatic rings. The minimum Gasteiger partial charge on any atom is -0.445 e. The van der Waals surface area contributed by atoms with Crippen molar-refractivity contribution in [2.75, 3.05) is 17.5 Å². The van der Waals surface area contributed by atoms with Crippen LogP contribution in [0.3, 0.4) is 0 Å². The summed E-state index contributed by atoms with van der Waals surface area (Å²) in [7, 11) is 0. The monoisotopic (exact) mass is 488 g/mol. The highest BCUT2D eigenvalue weighted by atomic mass is 127. The highest BCUT2D eigenvalue weighted by Gasteiger charge is 2.39. The van der Waals surface area contributed by atoms with Gasteiger partial charge in [0.1, 0.15) is 12.2 Å². The Kier molecular flexibility index (Phi) is 7.76. The maximum atomic E-state index is 12.5. The van der Waals surface area contributed by atoms with Gasteiger partial charge < -0.3 is 19.7 Å². The van der Waals surface area contributed by atoms with Crippen molar-refractivity contribution in [1.29, 1.82) is 0 Å². The summed E-state index contributed by atoms with van der Waals surface area (Å²) in [6.07, 6.45) is 1.62. The van der Waals surface area contributed by atoms with Gasteiger partial charge in [0.15, 0.2) is 0 Å². The van der Waals surface area contributed by atoms with Crippen LogP contribution in [0.1, 0.15) is 45.6 Å². The third-order valence-electron chi connectivity index (χ3n) is 4.38. The molecule has 0 bridgehead atoms. The SMILES string of the molecule is CC(C)(C)OC(=O)N1CCCC(CCI)(NC(=O)OCc2ccccc2)C1. The molecule has 2 amide bonds. The number of rotatable bonds is 5. The quantitative estimate of drug-likeness (QED) is 0.490. The first-order valence-electron chi connectivity index (χ1n) is 9.26. The Morgan fingerprint density at radius 3 is 2.59 bits per heavy atom. The Labute approximate surface area is 175 Å². The van der Waals surface area contributed by atoms with Gasteiger partial charge in [0.2, 0.25) is 0 Å². The van der Waals surface area contributed by atoms with Gasteiger partial charge >= 0.3 is 12.2 Å². The number of carbonyl (C=O) groups excluding carboxylic acids is 2. The zero-order chi connectivity index (χ0) is 19.9. The van der Waals surface area contributed by atoms with E-state index in [0.29, 0.717) is 13.1 Å². The lowest BCUT2D eigenvalue weighted by Crippen LogP contribution is -2.60. The zero-order valence-electron chi connectivity index (χ0n) is 16.3. The van der Waals surface area contributed by atoms with Crippen molar-refractivity contribution in [1.82, 2.24) is 10.2 Å². The molecule has 1 unspecified atom stereocenters. The van der Waals surface area contributed by atoms with Crippen LogP contribution in [-0.2, 0) is 16.1 Å². The van der Waals surface area contributed by atoms with Gasteiger partial charge in [-0.15, -0.1) is 0 Å². The van der Waals surface area contributed by atoms with Crippen LogP contribution in [0.15, 0.2) is 30.3 Å². The van der Waals surface area contributed by atoms with Crippen LogP contribution in [0.4, 0.5) is 9.59 Å². The smallest absolute Gasteiger partial charge is 0.410 e. The van der Waals surface area contributed by atoms with Crippen molar-refractivity contribution in [3.05, 3.63) is 35.9 Å². The molecular weight excluding hydrogens is 459 g/mol. The molecule has 0 aliphatic carbocycles. The molecule has 0 aromatic heterocycles. The maximum absolute atomic E-state index is 12.5. The van der Waals surface area contributed by atoms with E-state index in [1.54, 1.807) is 4.90 Å². The van der Waals surface area contributed by atoms with Crippen LogP contribution >= 0.6 is 22.6 Å². The molecule has 27 heavy (non-hydrogen) atoms. The number of piperidine rings is 1. The van der Waals surface area contributed by atoms with Gasteiger partial charge in [-0.1, -0.05) is 52.9 Å². The first-order valence-corrected chi connectivity index (χ1v) is 10.8. The van der Waals surface area contributed by atoms with Crippen molar-refractivity contribution in [2.45, 2.75) is 57.8 Å². The van der Waals surface area contributed by atoms with Crippen LogP contribution in [-0.4, -0.2) is 45.7 Å². The number of benzene rings is 1. The third-order valence-corrected chi connectivity index (χ3v) is 4.92. The number of likely N-dealkylation sites (tertiary alicyclic amines) is 1. The standard InChI is InChI=1S/C20H29IN2O4/c1-19(2,3)27-18(25)23-13-7-10-20(15-23,11-12-21)22-17(24)26-14-16-8-5-4-6-9-16/h4-6,8-9H,7,10-15H2,1-3H3,(H,22,24). The fourth-order valence-corrected chi connectivity index (χ4v) is 4.17. The Morgan fingerprint density at radius 1 is 1.26 bits per heavy atom. The number of alkyl halides is 1. The number of hydrogen-bond acceptors (Lipinski definition) is 4. The summed E-state index contributed by atoms with van der Waals surface area (Å²) in [6, 6.07) is 9.58.